The molecule has 2 aliphatic heterocycles. The Kier molecular flexibility index (Phi) is 5.41. The zero-order valence-electron chi connectivity index (χ0n) is 12.8. The largest absolute Gasteiger partial charge is 0.389 e. The second-order valence-electron chi connectivity index (χ2n) is 6.64. The molecule has 0 saturated carbocycles. The summed E-state index contributed by atoms with van der Waals surface area (Å²) in [4.78, 5) is 16.3. The highest BCUT2D eigenvalue weighted by atomic mass is 16.5. The lowest BCUT2D eigenvalue weighted by Gasteiger charge is -2.37. The third kappa shape index (κ3) is 5.04. The van der Waals surface area contributed by atoms with Gasteiger partial charge in [0.05, 0.1) is 11.7 Å². The van der Waals surface area contributed by atoms with Crippen molar-refractivity contribution in [3.63, 3.8) is 0 Å². The number of aliphatic hydroxyl groups is 1. The van der Waals surface area contributed by atoms with Gasteiger partial charge < -0.3 is 14.7 Å². The molecule has 0 unspecified atom stereocenters. The highest BCUT2D eigenvalue weighted by Gasteiger charge is 2.25. The molecule has 0 radical (unpaired) electrons. The van der Waals surface area contributed by atoms with E-state index in [4.69, 9.17) is 4.74 Å². The Balaban J connectivity index is 1.66. The molecule has 20 heavy (non-hydrogen) atoms. The fourth-order valence-corrected chi connectivity index (χ4v) is 3.02. The Morgan fingerprint density at radius 1 is 1.30 bits per heavy atom. The molecular formula is C15H28N2O3. The van der Waals surface area contributed by atoms with Gasteiger partial charge in [-0.15, -0.1) is 0 Å². The highest BCUT2D eigenvalue weighted by Crippen LogP contribution is 2.18. The number of ether oxygens (including phenoxy) is 1. The molecule has 116 valence electrons. The number of amides is 1. The van der Waals surface area contributed by atoms with Gasteiger partial charge in [-0.1, -0.05) is 0 Å². The Hall–Kier alpha value is -0.650. The Labute approximate surface area is 121 Å². The van der Waals surface area contributed by atoms with Gasteiger partial charge in [0.2, 0.25) is 5.91 Å². The summed E-state index contributed by atoms with van der Waals surface area (Å²) in [5.41, 5.74) is -0.661. The van der Waals surface area contributed by atoms with Crippen molar-refractivity contribution < 1.29 is 14.6 Å². The van der Waals surface area contributed by atoms with Crippen molar-refractivity contribution in [1.82, 2.24) is 9.80 Å². The Bertz CT molecular complexity index is 314. The predicted octanol–water partition coefficient (Wildman–Crippen LogP) is 0.861. The molecule has 2 aliphatic rings. The highest BCUT2D eigenvalue weighted by molar-refractivity contribution is 5.76. The molecule has 2 heterocycles. The van der Waals surface area contributed by atoms with E-state index >= 15 is 0 Å². The fourth-order valence-electron chi connectivity index (χ4n) is 3.02. The lowest BCUT2D eigenvalue weighted by Crippen LogP contribution is -2.52. The van der Waals surface area contributed by atoms with Crippen molar-refractivity contribution in [2.75, 3.05) is 39.3 Å². The molecule has 1 amide bonds. The lowest BCUT2D eigenvalue weighted by molar-refractivity contribution is -0.133. The standard InChI is InChI=1S/C15H28N2O3/c1-15(2,19)12-16-7-9-17(10-8-16)14(18)6-5-13-4-3-11-20-13/h13,19H,3-12H2,1-2H3/t13-/m1/s1. The summed E-state index contributed by atoms with van der Waals surface area (Å²) < 4.78 is 5.56. The number of β-amino-alcohol motifs (C(OH)–C–C–N with tert-alkyl or cyclic N) is 1. The van der Waals surface area contributed by atoms with Gasteiger partial charge in [-0.05, 0) is 33.1 Å². The van der Waals surface area contributed by atoms with Gasteiger partial charge >= 0.3 is 0 Å². The molecule has 5 heteroatoms. The van der Waals surface area contributed by atoms with Gasteiger partial charge in [0.1, 0.15) is 0 Å². The van der Waals surface area contributed by atoms with Crippen LogP contribution in [0, 0.1) is 0 Å². The van der Waals surface area contributed by atoms with Gasteiger partial charge in [-0.25, -0.2) is 0 Å². The van der Waals surface area contributed by atoms with Crippen molar-refractivity contribution in [3.05, 3.63) is 0 Å². The van der Waals surface area contributed by atoms with Crippen LogP contribution in [-0.4, -0.2) is 71.8 Å². The maximum atomic E-state index is 12.1. The molecule has 0 aromatic carbocycles. The molecule has 2 rings (SSSR count). The van der Waals surface area contributed by atoms with Crippen LogP contribution in [0.15, 0.2) is 0 Å². The van der Waals surface area contributed by atoms with Gasteiger partial charge in [0, 0.05) is 45.8 Å². The number of piperazine rings is 1. The predicted molar refractivity (Wildman–Crippen MR) is 77.5 cm³/mol. The third-order valence-electron chi connectivity index (χ3n) is 4.04. The van der Waals surface area contributed by atoms with E-state index in [9.17, 15) is 9.90 Å². The van der Waals surface area contributed by atoms with Crippen molar-refractivity contribution in [2.45, 2.75) is 51.2 Å². The quantitative estimate of drug-likeness (QED) is 0.813. The zero-order chi connectivity index (χ0) is 14.6. The number of hydrogen-bond donors (Lipinski definition) is 1. The minimum atomic E-state index is -0.661. The van der Waals surface area contributed by atoms with Gasteiger partial charge in [-0.2, -0.15) is 0 Å². The first-order chi connectivity index (χ1) is 9.44. The average molecular weight is 284 g/mol. The number of nitrogens with zero attached hydrogens (tertiary/aromatic N) is 2. The first-order valence-corrected chi connectivity index (χ1v) is 7.78. The summed E-state index contributed by atoms with van der Waals surface area (Å²) >= 11 is 0. The van der Waals surface area contributed by atoms with Crippen LogP contribution < -0.4 is 0 Å². The number of carbonyl (C=O) groups is 1. The van der Waals surface area contributed by atoms with E-state index in [1.165, 1.54) is 0 Å². The van der Waals surface area contributed by atoms with Crippen molar-refractivity contribution in [3.8, 4) is 0 Å². The van der Waals surface area contributed by atoms with Crippen LogP contribution in [0.2, 0.25) is 0 Å². The van der Waals surface area contributed by atoms with Gasteiger partial charge in [0.15, 0.2) is 0 Å². The minimum absolute atomic E-state index is 0.253. The van der Waals surface area contributed by atoms with Crippen LogP contribution in [0.1, 0.15) is 39.5 Å². The molecule has 0 bridgehead atoms. The van der Waals surface area contributed by atoms with E-state index in [-0.39, 0.29) is 5.91 Å². The summed E-state index contributed by atoms with van der Waals surface area (Å²) in [6, 6.07) is 0. The maximum Gasteiger partial charge on any atom is 0.222 e. The maximum absolute atomic E-state index is 12.1. The Morgan fingerprint density at radius 2 is 2.00 bits per heavy atom. The van der Waals surface area contributed by atoms with E-state index in [1.54, 1.807) is 0 Å². The monoisotopic (exact) mass is 284 g/mol. The number of rotatable bonds is 5. The van der Waals surface area contributed by atoms with E-state index in [1.807, 2.05) is 18.7 Å². The molecule has 0 aliphatic carbocycles. The molecular weight excluding hydrogens is 256 g/mol. The average Bonchev–Trinajstić information content (AvgIpc) is 2.88. The van der Waals surface area contributed by atoms with Crippen LogP contribution in [0.4, 0.5) is 0 Å². The molecule has 0 aromatic rings. The second kappa shape index (κ2) is 6.87. The summed E-state index contributed by atoms with van der Waals surface area (Å²) in [7, 11) is 0. The molecule has 0 aromatic heterocycles. The molecule has 1 N–H and O–H groups in total. The third-order valence-corrected chi connectivity index (χ3v) is 4.04. The number of hydrogen-bond acceptors (Lipinski definition) is 4. The molecule has 1 atom stereocenters. The van der Waals surface area contributed by atoms with Crippen LogP contribution in [0.5, 0.6) is 0 Å². The Morgan fingerprint density at radius 3 is 2.55 bits per heavy atom. The van der Waals surface area contributed by atoms with Crippen LogP contribution in [0.3, 0.4) is 0 Å². The van der Waals surface area contributed by atoms with Crippen LogP contribution >= 0.6 is 0 Å². The van der Waals surface area contributed by atoms with Crippen LogP contribution in [-0.2, 0) is 9.53 Å². The second-order valence-corrected chi connectivity index (χ2v) is 6.64. The number of carbonyl (C=O) groups excluding carboxylic acids is 1. The first kappa shape index (κ1) is 15.7. The summed E-state index contributed by atoms with van der Waals surface area (Å²) in [5, 5.41) is 9.81. The molecule has 2 saturated heterocycles. The van der Waals surface area contributed by atoms with E-state index in [0.717, 1.165) is 52.0 Å². The van der Waals surface area contributed by atoms with Gasteiger partial charge in [-0.3, -0.25) is 9.69 Å². The molecule has 2 fully saturated rings. The van der Waals surface area contributed by atoms with E-state index in [0.29, 0.717) is 19.1 Å². The lowest BCUT2D eigenvalue weighted by atomic mass is 10.1. The van der Waals surface area contributed by atoms with E-state index in [2.05, 4.69) is 4.90 Å². The van der Waals surface area contributed by atoms with Crippen molar-refractivity contribution >= 4 is 5.91 Å². The topological polar surface area (TPSA) is 53.0 Å². The summed E-state index contributed by atoms with van der Waals surface area (Å²) in [6.45, 7) is 8.45. The fraction of sp³-hybridized carbons (Fsp3) is 0.933. The summed E-state index contributed by atoms with van der Waals surface area (Å²) in [6.07, 6.45) is 4.01. The zero-order valence-corrected chi connectivity index (χ0v) is 12.8. The SMILES string of the molecule is CC(C)(O)CN1CCN(C(=O)CC[C@H]2CCCO2)CC1. The van der Waals surface area contributed by atoms with Gasteiger partial charge in [0.25, 0.3) is 0 Å². The minimum Gasteiger partial charge on any atom is -0.389 e. The summed E-state index contributed by atoms with van der Waals surface area (Å²) in [5.74, 6) is 0.253. The molecule has 5 nitrogen and oxygen atoms in total. The van der Waals surface area contributed by atoms with Crippen molar-refractivity contribution in [1.29, 1.82) is 0 Å². The van der Waals surface area contributed by atoms with Crippen LogP contribution in [0.25, 0.3) is 0 Å². The smallest absolute Gasteiger partial charge is 0.222 e. The normalized spacial score (nSPS) is 25.1. The van der Waals surface area contributed by atoms with Crippen molar-refractivity contribution in [2.24, 2.45) is 0 Å². The first-order valence-electron chi connectivity index (χ1n) is 7.78. The van der Waals surface area contributed by atoms with E-state index < -0.39 is 5.60 Å². The molecule has 0 spiro atoms.